The lowest BCUT2D eigenvalue weighted by Gasteiger charge is -2.25. The van der Waals surface area contributed by atoms with E-state index in [1.165, 1.54) is 5.56 Å². The van der Waals surface area contributed by atoms with Crippen molar-refractivity contribution in [2.75, 3.05) is 19.0 Å². The van der Waals surface area contributed by atoms with Crippen molar-refractivity contribution in [1.29, 1.82) is 5.26 Å². The van der Waals surface area contributed by atoms with Crippen molar-refractivity contribution in [2.45, 2.75) is 13.0 Å². The van der Waals surface area contributed by atoms with E-state index in [1.54, 1.807) is 0 Å². The van der Waals surface area contributed by atoms with Crippen molar-refractivity contribution in [2.24, 2.45) is 0 Å². The lowest BCUT2D eigenvalue weighted by Crippen LogP contribution is -2.18. The first-order valence-corrected chi connectivity index (χ1v) is 7.56. The van der Waals surface area contributed by atoms with Gasteiger partial charge in [0.05, 0.1) is 11.6 Å². The Labute approximate surface area is 134 Å². The molecule has 1 atom stereocenters. The van der Waals surface area contributed by atoms with E-state index in [2.05, 4.69) is 51.3 Å². The number of anilines is 2. The summed E-state index contributed by atoms with van der Waals surface area (Å²) in [5, 5.41) is 12.3. The van der Waals surface area contributed by atoms with E-state index in [9.17, 15) is 0 Å². The van der Waals surface area contributed by atoms with Gasteiger partial charge < -0.3 is 10.2 Å². The molecule has 2 rings (SSSR count). The highest BCUT2D eigenvalue weighted by Crippen LogP contribution is 2.33. The van der Waals surface area contributed by atoms with Gasteiger partial charge in [0.15, 0.2) is 0 Å². The zero-order valence-electron chi connectivity index (χ0n) is 12.4. The van der Waals surface area contributed by atoms with E-state index in [0.29, 0.717) is 5.56 Å². The molecule has 3 nitrogen and oxygen atoms in total. The number of benzene rings is 2. The van der Waals surface area contributed by atoms with Gasteiger partial charge in [0.2, 0.25) is 0 Å². The first-order valence-electron chi connectivity index (χ1n) is 6.77. The summed E-state index contributed by atoms with van der Waals surface area (Å²) in [6, 6.07) is 16.3. The molecule has 0 saturated heterocycles. The Morgan fingerprint density at radius 3 is 2.67 bits per heavy atom. The number of nitrogens with one attached hydrogen (secondary N) is 1. The molecule has 0 spiro atoms. The minimum atomic E-state index is 0.235. The number of rotatable bonds is 4. The van der Waals surface area contributed by atoms with Gasteiger partial charge in [0.1, 0.15) is 0 Å². The van der Waals surface area contributed by atoms with Crippen LogP contribution in [-0.4, -0.2) is 14.1 Å². The lowest BCUT2D eigenvalue weighted by atomic mass is 10.0. The van der Waals surface area contributed by atoms with Crippen LogP contribution in [0, 0.1) is 11.3 Å². The first kappa shape index (κ1) is 15.6. The fourth-order valence-corrected chi connectivity index (χ4v) is 2.64. The van der Waals surface area contributed by atoms with Crippen LogP contribution < -0.4 is 10.2 Å². The molecule has 2 aromatic carbocycles. The van der Waals surface area contributed by atoms with Gasteiger partial charge in [-0.2, -0.15) is 5.26 Å². The highest BCUT2D eigenvalue weighted by atomic mass is 79.9. The molecule has 0 radical (unpaired) electrons. The maximum atomic E-state index is 9.05. The topological polar surface area (TPSA) is 39.1 Å². The highest BCUT2D eigenvalue weighted by molar-refractivity contribution is 9.10. The summed E-state index contributed by atoms with van der Waals surface area (Å²) in [4.78, 5) is 2.11. The number of halogens is 1. The fraction of sp³-hybridized carbons (Fsp3) is 0.235. The number of hydrogen-bond donors (Lipinski definition) is 1. The van der Waals surface area contributed by atoms with Crippen LogP contribution in [0.3, 0.4) is 0 Å². The minimum Gasteiger partial charge on any atom is -0.344 e. The molecule has 0 aliphatic carbocycles. The van der Waals surface area contributed by atoms with Gasteiger partial charge in [-0.05, 0) is 55.9 Å². The zero-order chi connectivity index (χ0) is 15.4. The molecule has 1 N–H and O–H groups in total. The van der Waals surface area contributed by atoms with Crippen LogP contribution in [-0.2, 0) is 0 Å². The average Bonchev–Trinajstić information content (AvgIpc) is 2.53. The summed E-state index contributed by atoms with van der Waals surface area (Å²) in [5.74, 6) is 0. The van der Waals surface area contributed by atoms with Crippen molar-refractivity contribution in [3.8, 4) is 6.07 Å². The third-order valence-corrected chi connectivity index (χ3v) is 4.11. The summed E-state index contributed by atoms with van der Waals surface area (Å²) < 4.78 is 1.06. The molecule has 0 fully saturated rings. The summed E-state index contributed by atoms with van der Waals surface area (Å²) in [6.07, 6.45) is 0. The molecule has 0 bridgehead atoms. The largest absolute Gasteiger partial charge is 0.344 e. The first-order chi connectivity index (χ1) is 10.1. The van der Waals surface area contributed by atoms with Crippen LogP contribution in [0.15, 0.2) is 46.9 Å². The van der Waals surface area contributed by atoms with Gasteiger partial charge in [-0.15, -0.1) is 0 Å². The van der Waals surface area contributed by atoms with Gasteiger partial charge in [0.25, 0.3) is 0 Å². The van der Waals surface area contributed by atoms with E-state index in [-0.39, 0.29) is 6.04 Å². The van der Waals surface area contributed by atoms with Crippen LogP contribution in [0.2, 0.25) is 0 Å². The Hall–Kier alpha value is -1.83. The van der Waals surface area contributed by atoms with Crippen molar-refractivity contribution in [3.05, 3.63) is 58.1 Å². The van der Waals surface area contributed by atoms with E-state index >= 15 is 0 Å². The predicted octanol–water partition coefficient (Wildman–Crippen LogP) is 4.37. The Morgan fingerprint density at radius 1 is 1.24 bits per heavy atom. The SMILES string of the molecule is CNC(C)c1cc(Br)ccc1N(C)c1cccc(C#N)c1. The van der Waals surface area contributed by atoms with E-state index in [0.717, 1.165) is 15.8 Å². The monoisotopic (exact) mass is 343 g/mol. The molecule has 108 valence electrons. The van der Waals surface area contributed by atoms with Gasteiger partial charge in [-0.3, -0.25) is 0 Å². The van der Waals surface area contributed by atoms with Gasteiger partial charge >= 0.3 is 0 Å². The van der Waals surface area contributed by atoms with E-state index in [1.807, 2.05) is 44.4 Å². The van der Waals surface area contributed by atoms with Crippen molar-refractivity contribution in [3.63, 3.8) is 0 Å². The van der Waals surface area contributed by atoms with Crippen LogP contribution in [0.1, 0.15) is 24.1 Å². The standard InChI is InChI=1S/C17H18BrN3/c1-12(20-2)16-10-14(18)7-8-17(16)21(3)15-6-4-5-13(9-15)11-19/h4-10,12,20H,1-3H3. The third-order valence-electron chi connectivity index (χ3n) is 3.61. The van der Waals surface area contributed by atoms with Crippen molar-refractivity contribution < 1.29 is 0 Å². The van der Waals surface area contributed by atoms with Crippen LogP contribution in [0.25, 0.3) is 0 Å². The molecule has 0 aromatic heterocycles. The summed E-state index contributed by atoms with van der Waals surface area (Å²) in [6.45, 7) is 2.13. The molecule has 0 amide bonds. The number of nitrogens with zero attached hydrogens (tertiary/aromatic N) is 2. The Balaban J connectivity index is 2.47. The molecule has 21 heavy (non-hydrogen) atoms. The molecule has 2 aromatic rings. The summed E-state index contributed by atoms with van der Waals surface area (Å²) >= 11 is 3.53. The Morgan fingerprint density at radius 2 is 2.00 bits per heavy atom. The van der Waals surface area contributed by atoms with Gasteiger partial charge in [-0.1, -0.05) is 22.0 Å². The van der Waals surface area contributed by atoms with Crippen LogP contribution in [0.4, 0.5) is 11.4 Å². The molecule has 0 heterocycles. The fourth-order valence-electron chi connectivity index (χ4n) is 2.26. The average molecular weight is 344 g/mol. The predicted molar refractivity (Wildman–Crippen MR) is 90.8 cm³/mol. The van der Waals surface area contributed by atoms with Gasteiger partial charge in [0, 0.05) is 28.9 Å². The zero-order valence-corrected chi connectivity index (χ0v) is 14.0. The lowest BCUT2D eigenvalue weighted by molar-refractivity contribution is 0.652. The molecular weight excluding hydrogens is 326 g/mol. The summed E-state index contributed by atoms with van der Waals surface area (Å²) in [5.41, 5.74) is 3.99. The maximum Gasteiger partial charge on any atom is 0.0992 e. The quantitative estimate of drug-likeness (QED) is 0.895. The van der Waals surface area contributed by atoms with E-state index in [4.69, 9.17) is 5.26 Å². The molecule has 0 saturated carbocycles. The molecule has 0 aliphatic rings. The molecule has 0 aliphatic heterocycles. The second-order valence-electron chi connectivity index (χ2n) is 4.93. The second-order valence-corrected chi connectivity index (χ2v) is 5.85. The molecule has 4 heteroatoms. The summed E-state index contributed by atoms with van der Waals surface area (Å²) in [7, 11) is 3.97. The Bertz CT molecular complexity index is 676. The minimum absolute atomic E-state index is 0.235. The molecule has 1 unspecified atom stereocenters. The molecular formula is C17H18BrN3. The highest BCUT2D eigenvalue weighted by Gasteiger charge is 2.14. The smallest absolute Gasteiger partial charge is 0.0992 e. The van der Waals surface area contributed by atoms with Crippen molar-refractivity contribution in [1.82, 2.24) is 5.32 Å². The number of nitriles is 1. The number of hydrogen-bond acceptors (Lipinski definition) is 3. The van der Waals surface area contributed by atoms with Crippen LogP contribution in [0.5, 0.6) is 0 Å². The van der Waals surface area contributed by atoms with Crippen LogP contribution >= 0.6 is 15.9 Å². The van der Waals surface area contributed by atoms with Gasteiger partial charge in [-0.25, -0.2) is 0 Å². The Kier molecular flexibility index (Phi) is 5.00. The second kappa shape index (κ2) is 6.75. The maximum absolute atomic E-state index is 9.05. The van der Waals surface area contributed by atoms with Crippen molar-refractivity contribution >= 4 is 27.3 Å². The van der Waals surface area contributed by atoms with E-state index < -0.39 is 0 Å². The normalized spacial score (nSPS) is 11.8. The third kappa shape index (κ3) is 3.44.